The number of benzene rings is 1. The number of carbonyl (C=O) groups excluding carboxylic acids is 2. The van der Waals surface area contributed by atoms with Gasteiger partial charge >= 0.3 is 6.09 Å². The Morgan fingerprint density at radius 3 is 2.67 bits per heavy atom. The number of hydrogen-bond acceptors (Lipinski definition) is 5. The van der Waals surface area contributed by atoms with Crippen LogP contribution in [0.1, 0.15) is 76.4 Å². The number of likely N-dealkylation sites (tertiary alicyclic amines) is 1. The van der Waals surface area contributed by atoms with E-state index in [2.05, 4.69) is 10.1 Å². The van der Waals surface area contributed by atoms with Crippen molar-refractivity contribution in [1.82, 2.24) is 10.2 Å². The molecule has 2 amide bonds. The third kappa shape index (κ3) is 8.93. The molecule has 202 valence electrons. The minimum Gasteiger partial charge on any atom is -0.453 e. The molecule has 0 bridgehead atoms. The molecule has 8 heteroatoms. The maximum absolute atomic E-state index is 13.4. The van der Waals surface area contributed by atoms with Gasteiger partial charge in [-0.2, -0.15) is 0 Å². The van der Waals surface area contributed by atoms with Crippen molar-refractivity contribution in [3.8, 4) is 0 Å². The summed E-state index contributed by atoms with van der Waals surface area (Å²) in [6, 6.07) is 7.65. The average molecular weight is 523 g/mol. The smallest absolute Gasteiger partial charge is 0.406 e. The molecule has 0 radical (unpaired) electrons. The van der Waals surface area contributed by atoms with Gasteiger partial charge in [0, 0.05) is 37.0 Å². The number of methoxy groups -OCH3 is 1. The molecule has 0 aromatic heterocycles. The maximum atomic E-state index is 13.4. The van der Waals surface area contributed by atoms with Crippen LogP contribution in [0.25, 0.3) is 0 Å². The van der Waals surface area contributed by atoms with Crippen LogP contribution in [-0.2, 0) is 14.3 Å². The van der Waals surface area contributed by atoms with E-state index in [9.17, 15) is 14.7 Å². The number of rotatable bonds is 11. The molecule has 1 aliphatic carbocycles. The molecule has 1 aromatic carbocycles. The molecular formula is C28H43ClN2O5. The van der Waals surface area contributed by atoms with Gasteiger partial charge in [0.1, 0.15) is 0 Å². The molecule has 1 saturated carbocycles. The second-order valence-electron chi connectivity index (χ2n) is 10.5. The van der Waals surface area contributed by atoms with Gasteiger partial charge < -0.3 is 24.8 Å². The first kappa shape index (κ1) is 28.7. The molecule has 3 rings (SSSR count). The quantitative estimate of drug-likeness (QED) is 0.382. The van der Waals surface area contributed by atoms with Crippen molar-refractivity contribution < 1.29 is 24.2 Å². The second kappa shape index (κ2) is 14.8. The Hall–Kier alpha value is -1.83. The summed E-state index contributed by atoms with van der Waals surface area (Å²) in [6.45, 7) is 3.82. The number of ether oxygens (including phenoxy) is 2. The average Bonchev–Trinajstić information content (AvgIpc) is 2.88. The molecule has 36 heavy (non-hydrogen) atoms. The van der Waals surface area contributed by atoms with Gasteiger partial charge in [-0.15, -0.1) is 0 Å². The van der Waals surface area contributed by atoms with Crippen molar-refractivity contribution in [1.29, 1.82) is 0 Å². The molecule has 2 N–H and O–H groups in total. The third-order valence-electron chi connectivity index (χ3n) is 7.75. The van der Waals surface area contributed by atoms with E-state index in [1.54, 1.807) is 0 Å². The number of piperidine rings is 1. The van der Waals surface area contributed by atoms with Crippen LogP contribution in [0.3, 0.4) is 0 Å². The van der Waals surface area contributed by atoms with Gasteiger partial charge in [0.2, 0.25) is 5.91 Å². The van der Waals surface area contributed by atoms with Crippen molar-refractivity contribution in [3.63, 3.8) is 0 Å². The lowest BCUT2D eigenvalue weighted by atomic mass is 9.80. The van der Waals surface area contributed by atoms with E-state index in [1.807, 2.05) is 36.1 Å². The molecule has 4 atom stereocenters. The van der Waals surface area contributed by atoms with Crippen molar-refractivity contribution in [3.05, 3.63) is 34.9 Å². The Balaban J connectivity index is 1.63. The SMILES string of the molecule is COC(=O)NCCOC(c1cccc(Cl)c1)C1CCCN(C(=O)CC(CC2CCCCC2)C(C)O)C1. The number of halogens is 1. The van der Waals surface area contributed by atoms with Crippen molar-refractivity contribution in [2.24, 2.45) is 17.8 Å². The molecule has 1 aromatic rings. The monoisotopic (exact) mass is 522 g/mol. The number of nitrogens with zero attached hydrogens (tertiary/aromatic N) is 1. The fourth-order valence-electron chi connectivity index (χ4n) is 5.74. The first-order chi connectivity index (χ1) is 17.4. The van der Waals surface area contributed by atoms with Crippen LogP contribution in [0.2, 0.25) is 5.02 Å². The van der Waals surface area contributed by atoms with E-state index in [1.165, 1.54) is 39.2 Å². The molecule has 2 aliphatic rings. The maximum Gasteiger partial charge on any atom is 0.406 e. The number of carbonyl (C=O) groups is 2. The van der Waals surface area contributed by atoms with Crippen LogP contribution in [0.15, 0.2) is 24.3 Å². The topological polar surface area (TPSA) is 88.1 Å². The van der Waals surface area contributed by atoms with Gasteiger partial charge in [0.15, 0.2) is 0 Å². The molecule has 1 aliphatic heterocycles. The van der Waals surface area contributed by atoms with Crippen LogP contribution in [0.5, 0.6) is 0 Å². The van der Waals surface area contributed by atoms with Gasteiger partial charge in [-0.1, -0.05) is 55.8 Å². The molecule has 2 fully saturated rings. The number of nitrogens with one attached hydrogen (secondary N) is 1. The lowest BCUT2D eigenvalue weighted by Crippen LogP contribution is -2.43. The predicted molar refractivity (Wildman–Crippen MR) is 141 cm³/mol. The summed E-state index contributed by atoms with van der Waals surface area (Å²) >= 11 is 6.28. The zero-order valence-electron chi connectivity index (χ0n) is 21.8. The standard InChI is InChI=1S/C28H43ClN2O5/c1-20(32)24(16-21-8-4-3-5-9-21)18-26(33)31-14-7-11-23(19-31)27(22-10-6-12-25(29)17-22)36-15-13-30-28(34)35-2/h6,10,12,17,20-21,23-24,27,32H,3-5,7-9,11,13-16,18-19H2,1-2H3,(H,30,34). The highest BCUT2D eigenvalue weighted by molar-refractivity contribution is 6.30. The highest BCUT2D eigenvalue weighted by Crippen LogP contribution is 2.35. The normalized spacial score (nSPS) is 21.4. The van der Waals surface area contributed by atoms with Gasteiger partial charge in [0.25, 0.3) is 0 Å². The summed E-state index contributed by atoms with van der Waals surface area (Å²) in [7, 11) is 1.33. The fraction of sp³-hybridized carbons (Fsp3) is 0.714. The third-order valence-corrected chi connectivity index (χ3v) is 7.99. The van der Waals surface area contributed by atoms with Crippen LogP contribution in [0, 0.1) is 17.8 Å². The second-order valence-corrected chi connectivity index (χ2v) is 10.9. The highest BCUT2D eigenvalue weighted by Gasteiger charge is 2.33. The summed E-state index contributed by atoms with van der Waals surface area (Å²) in [5, 5.41) is 13.7. The Kier molecular flexibility index (Phi) is 11.8. The molecule has 1 saturated heterocycles. The number of hydrogen-bond donors (Lipinski definition) is 2. The predicted octanol–water partition coefficient (Wildman–Crippen LogP) is 5.35. The highest BCUT2D eigenvalue weighted by atomic mass is 35.5. The summed E-state index contributed by atoms with van der Waals surface area (Å²) in [6.07, 6.45) is 8.21. The minimum atomic E-state index is -0.492. The van der Waals surface area contributed by atoms with Crippen molar-refractivity contribution in [2.75, 3.05) is 33.4 Å². The minimum absolute atomic E-state index is 0.00495. The van der Waals surface area contributed by atoms with Crippen molar-refractivity contribution in [2.45, 2.75) is 76.9 Å². The molecule has 4 unspecified atom stereocenters. The number of alkyl carbamates (subject to hydrolysis) is 1. The largest absolute Gasteiger partial charge is 0.453 e. The van der Waals surface area contributed by atoms with Gasteiger partial charge in [0.05, 0.1) is 25.9 Å². The van der Waals surface area contributed by atoms with Crippen molar-refractivity contribution >= 4 is 23.6 Å². The summed E-state index contributed by atoms with van der Waals surface area (Å²) < 4.78 is 10.9. The summed E-state index contributed by atoms with van der Waals surface area (Å²) in [4.78, 5) is 26.7. The fourth-order valence-corrected chi connectivity index (χ4v) is 5.94. The molecule has 1 heterocycles. The summed E-state index contributed by atoms with van der Waals surface area (Å²) in [5.41, 5.74) is 0.971. The van der Waals surface area contributed by atoms with E-state index in [0.717, 1.165) is 31.4 Å². The Morgan fingerprint density at radius 1 is 1.19 bits per heavy atom. The number of aliphatic hydroxyl groups excluding tert-OH is 1. The molecule has 0 spiro atoms. The first-order valence-electron chi connectivity index (χ1n) is 13.5. The number of amides is 2. The van der Waals surface area contributed by atoms with Crippen LogP contribution < -0.4 is 5.32 Å². The Labute approximate surface area is 220 Å². The molecule has 7 nitrogen and oxygen atoms in total. The lowest BCUT2D eigenvalue weighted by Gasteiger charge is -2.38. The van der Waals surface area contributed by atoms with E-state index in [-0.39, 0.29) is 23.8 Å². The molecular weight excluding hydrogens is 480 g/mol. The Morgan fingerprint density at radius 2 is 1.97 bits per heavy atom. The summed E-state index contributed by atoms with van der Waals surface area (Å²) in [5.74, 6) is 0.867. The zero-order valence-corrected chi connectivity index (χ0v) is 22.5. The van der Waals surface area contributed by atoms with Gasteiger partial charge in [-0.25, -0.2) is 4.79 Å². The van der Waals surface area contributed by atoms with Gasteiger partial charge in [-0.05, 0) is 55.7 Å². The van der Waals surface area contributed by atoms with E-state index in [4.69, 9.17) is 16.3 Å². The van der Waals surface area contributed by atoms with E-state index >= 15 is 0 Å². The van der Waals surface area contributed by atoms with Crippen LogP contribution in [-0.4, -0.2) is 61.5 Å². The van der Waals surface area contributed by atoms with E-state index < -0.39 is 12.2 Å². The van der Waals surface area contributed by atoms with Crippen LogP contribution in [0.4, 0.5) is 4.79 Å². The number of aliphatic hydroxyl groups is 1. The van der Waals surface area contributed by atoms with E-state index in [0.29, 0.717) is 37.1 Å². The lowest BCUT2D eigenvalue weighted by molar-refractivity contribution is -0.136. The Bertz CT molecular complexity index is 830. The van der Waals surface area contributed by atoms with Gasteiger partial charge in [-0.3, -0.25) is 4.79 Å². The zero-order chi connectivity index (χ0) is 25.9. The van der Waals surface area contributed by atoms with Crippen LogP contribution >= 0.6 is 11.6 Å². The first-order valence-corrected chi connectivity index (χ1v) is 13.9.